The van der Waals surface area contributed by atoms with Crippen LogP contribution in [0.3, 0.4) is 0 Å². The van der Waals surface area contributed by atoms with Gasteiger partial charge in [0.1, 0.15) is 0 Å². The first-order valence-electron chi connectivity index (χ1n) is 6.62. The van der Waals surface area contributed by atoms with Gasteiger partial charge in [0.05, 0.1) is 4.90 Å². The van der Waals surface area contributed by atoms with E-state index in [2.05, 4.69) is 4.18 Å². The lowest BCUT2D eigenvalue weighted by atomic mass is 10.0. The summed E-state index contributed by atoms with van der Waals surface area (Å²) >= 11 is 1.01. The van der Waals surface area contributed by atoms with Gasteiger partial charge in [-0.2, -0.15) is 21.6 Å². The number of halogens is 3. The van der Waals surface area contributed by atoms with Gasteiger partial charge >= 0.3 is 15.6 Å². The van der Waals surface area contributed by atoms with Gasteiger partial charge in [-0.15, -0.1) is 0 Å². The lowest BCUT2D eigenvalue weighted by molar-refractivity contribution is -0.0500. The summed E-state index contributed by atoms with van der Waals surface area (Å²) in [6, 6.07) is 10.7. The number of benzene rings is 2. The van der Waals surface area contributed by atoms with Gasteiger partial charge in [-0.05, 0) is 23.8 Å². The van der Waals surface area contributed by atoms with Crippen LogP contribution in [0.15, 0.2) is 52.3 Å². The molecule has 9 heteroatoms. The number of hydrogen-bond donors (Lipinski definition) is 0. The number of hydrogen-bond acceptors (Lipinski definition) is 5. The molecule has 0 amide bonds. The average molecular weight is 374 g/mol. The number of alkyl halides is 3. The molecule has 0 saturated heterocycles. The van der Waals surface area contributed by atoms with Crippen molar-refractivity contribution in [3.05, 3.63) is 53.6 Å². The first kappa shape index (κ1) is 16.8. The summed E-state index contributed by atoms with van der Waals surface area (Å²) in [5, 5.41) is 0. The number of fused-ring (bicyclic) bond motifs is 2. The minimum atomic E-state index is -5.82. The van der Waals surface area contributed by atoms with Crippen molar-refractivity contribution in [1.82, 2.24) is 0 Å². The highest BCUT2D eigenvalue weighted by atomic mass is 32.2. The van der Waals surface area contributed by atoms with Crippen LogP contribution in [-0.2, 0) is 16.5 Å². The van der Waals surface area contributed by atoms with E-state index in [-0.39, 0.29) is 22.7 Å². The van der Waals surface area contributed by atoms with Crippen LogP contribution < -0.4 is 4.18 Å². The highest BCUT2D eigenvalue weighted by molar-refractivity contribution is 7.99. The number of carbonyl (C=O) groups excluding carboxylic acids is 1. The fourth-order valence-corrected chi connectivity index (χ4v) is 3.86. The molecule has 2 aromatic carbocycles. The Kier molecular flexibility index (Phi) is 4.08. The van der Waals surface area contributed by atoms with E-state index in [0.717, 1.165) is 17.8 Å². The van der Waals surface area contributed by atoms with Crippen LogP contribution in [0.5, 0.6) is 5.75 Å². The molecular weight excluding hydrogens is 365 g/mol. The quantitative estimate of drug-likeness (QED) is 0.591. The fraction of sp³-hybridized carbons (Fsp3) is 0.133. The molecule has 0 bridgehead atoms. The predicted molar refractivity (Wildman–Crippen MR) is 80.6 cm³/mol. The number of ketones is 1. The summed E-state index contributed by atoms with van der Waals surface area (Å²) in [4.78, 5) is 13.1. The molecule has 0 radical (unpaired) electrons. The first-order chi connectivity index (χ1) is 11.2. The monoisotopic (exact) mass is 374 g/mol. The molecule has 0 unspecified atom stereocenters. The van der Waals surface area contributed by atoms with Crippen LogP contribution in [0.25, 0.3) is 0 Å². The molecule has 0 saturated carbocycles. The van der Waals surface area contributed by atoms with Crippen molar-refractivity contribution in [2.45, 2.75) is 21.7 Å². The fourth-order valence-electron chi connectivity index (χ4n) is 2.20. The van der Waals surface area contributed by atoms with E-state index in [9.17, 15) is 26.4 Å². The second kappa shape index (κ2) is 5.82. The summed E-state index contributed by atoms with van der Waals surface area (Å²) in [6.07, 6.45) is 0.0750. The summed E-state index contributed by atoms with van der Waals surface area (Å²) in [5.74, 6) is -0.836. The second-order valence-corrected chi connectivity index (χ2v) is 7.52. The van der Waals surface area contributed by atoms with Gasteiger partial charge in [-0.1, -0.05) is 36.0 Å². The van der Waals surface area contributed by atoms with Gasteiger partial charge in [0.2, 0.25) is 0 Å². The first-order valence-corrected chi connectivity index (χ1v) is 8.84. The maximum absolute atomic E-state index is 12.6. The van der Waals surface area contributed by atoms with Gasteiger partial charge in [0, 0.05) is 16.9 Å². The zero-order chi connectivity index (χ0) is 17.5. The van der Waals surface area contributed by atoms with Crippen LogP contribution in [0.4, 0.5) is 13.2 Å². The van der Waals surface area contributed by atoms with Gasteiger partial charge in [-0.25, -0.2) is 0 Å². The highest BCUT2D eigenvalue weighted by Gasteiger charge is 2.49. The summed E-state index contributed by atoms with van der Waals surface area (Å²) in [7, 11) is -5.82. The molecule has 126 valence electrons. The predicted octanol–water partition coefficient (Wildman–Crippen LogP) is 3.81. The molecule has 1 aliphatic rings. The molecule has 1 aliphatic heterocycles. The third kappa shape index (κ3) is 3.01. The maximum atomic E-state index is 12.6. The van der Waals surface area contributed by atoms with Crippen LogP contribution in [0.2, 0.25) is 0 Å². The van der Waals surface area contributed by atoms with Crippen molar-refractivity contribution in [3.8, 4) is 5.75 Å². The summed E-state index contributed by atoms with van der Waals surface area (Å²) in [5.41, 5.74) is -4.70. The van der Waals surface area contributed by atoms with Crippen LogP contribution in [0.1, 0.15) is 15.9 Å². The van der Waals surface area contributed by atoms with E-state index in [1.165, 1.54) is 12.1 Å². The average Bonchev–Trinajstić information content (AvgIpc) is 2.63. The molecule has 1 heterocycles. The Hall–Kier alpha value is -2.00. The number of Topliss-reactive ketones (excluding diaryl/α,β-unsaturated/α-hetero) is 1. The Labute approximate surface area is 139 Å². The Bertz CT molecular complexity index is 921. The number of carbonyl (C=O) groups is 1. The van der Waals surface area contributed by atoms with E-state index < -0.39 is 21.4 Å². The maximum Gasteiger partial charge on any atom is 0.534 e. The zero-order valence-corrected chi connectivity index (χ0v) is 13.5. The third-order valence-electron chi connectivity index (χ3n) is 3.30. The molecule has 0 N–H and O–H groups in total. The van der Waals surface area contributed by atoms with Crippen molar-refractivity contribution in [1.29, 1.82) is 0 Å². The largest absolute Gasteiger partial charge is 0.534 e. The van der Waals surface area contributed by atoms with Crippen LogP contribution in [-0.4, -0.2) is 19.7 Å². The molecular formula is C15H9F3O4S2. The van der Waals surface area contributed by atoms with E-state index in [1.807, 2.05) is 0 Å². The lowest BCUT2D eigenvalue weighted by Crippen LogP contribution is -2.28. The topological polar surface area (TPSA) is 60.4 Å². The molecule has 3 rings (SSSR count). The minimum absolute atomic E-state index is 0.0558. The van der Waals surface area contributed by atoms with Crippen LogP contribution in [0, 0.1) is 0 Å². The van der Waals surface area contributed by atoms with E-state index >= 15 is 0 Å². The normalized spacial score (nSPS) is 14.5. The molecule has 0 aliphatic carbocycles. The summed E-state index contributed by atoms with van der Waals surface area (Å²) < 4.78 is 64.5. The van der Waals surface area contributed by atoms with E-state index in [4.69, 9.17) is 0 Å². The molecule has 24 heavy (non-hydrogen) atoms. The van der Waals surface area contributed by atoms with E-state index in [0.29, 0.717) is 10.5 Å². The second-order valence-electron chi connectivity index (χ2n) is 4.93. The molecule has 4 nitrogen and oxygen atoms in total. The summed E-state index contributed by atoms with van der Waals surface area (Å²) in [6.45, 7) is 0. The van der Waals surface area contributed by atoms with Gasteiger partial charge in [-0.3, -0.25) is 4.79 Å². The molecule has 0 atom stereocenters. The van der Waals surface area contributed by atoms with Crippen molar-refractivity contribution in [3.63, 3.8) is 0 Å². The Balaban J connectivity index is 2.11. The Morgan fingerprint density at radius 2 is 1.75 bits per heavy atom. The highest BCUT2D eigenvalue weighted by Crippen LogP contribution is 2.43. The van der Waals surface area contributed by atoms with Crippen molar-refractivity contribution in [2.75, 3.05) is 0 Å². The third-order valence-corrected chi connectivity index (χ3v) is 5.51. The Morgan fingerprint density at radius 1 is 1.04 bits per heavy atom. The van der Waals surface area contributed by atoms with Crippen LogP contribution >= 0.6 is 11.8 Å². The number of rotatable bonds is 2. The smallest absolute Gasteiger partial charge is 0.375 e. The zero-order valence-electron chi connectivity index (χ0n) is 11.8. The minimum Gasteiger partial charge on any atom is -0.375 e. The lowest BCUT2D eigenvalue weighted by Gasteiger charge is -2.14. The molecule has 0 spiro atoms. The Morgan fingerprint density at radius 3 is 2.46 bits per heavy atom. The molecule has 0 aromatic heterocycles. The van der Waals surface area contributed by atoms with Crippen molar-refractivity contribution in [2.24, 2.45) is 0 Å². The van der Waals surface area contributed by atoms with E-state index in [1.54, 1.807) is 24.3 Å². The van der Waals surface area contributed by atoms with Gasteiger partial charge in [0.25, 0.3) is 0 Å². The van der Waals surface area contributed by atoms with Gasteiger partial charge < -0.3 is 4.18 Å². The molecule has 0 fully saturated rings. The van der Waals surface area contributed by atoms with Crippen molar-refractivity contribution < 1.29 is 30.6 Å². The molecule has 2 aromatic rings. The standard InChI is InChI=1S/C15H9F3O4S2/c16-15(17,18)24(20,21)22-12-6-3-5-10-11(19)8-9-4-1-2-7-13(9)23-14(10)12/h1-7H,8H2. The van der Waals surface area contributed by atoms with Crippen molar-refractivity contribution >= 4 is 27.7 Å². The van der Waals surface area contributed by atoms with Gasteiger partial charge in [0.15, 0.2) is 11.5 Å². The SMILES string of the molecule is O=C1Cc2ccccc2Sc2c(OS(=O)(=O)C(F)(F)F)cccc21.